The molecule has 0 N–H and O–H groups in total. The number of likely N-dealkylation sites (tertiary alicyclic amines) is 1. The summed E-state index contributed by atoms with van der Waals surface area (Å²) in [5.74, 6) is 0. The first-order valence-electron chi connectivity index (χ1n) is 6.28. The summed E-state index contributed by atoms with van der Waals surface area (Å²) in [6, 6.07) is 9.72. The monoisotopic (exact) mass is 245 g/mol. The van der Waals surface area contributed by atoms with Crippen LogP contribution >= 0.6 is 0 Å². The number of carbonyl (C=O) groups excluding carboxylic acids is 1. The van der Waals surface area contributed by atoms with E-state index in [2.05, 4.69) is 6.58 Å². The minimum Gasteiger partial charge on any atom is -0.445 e. The molecule has 0 radical (unpaired) electrons. The lowest BCUT2D eigenvalue weighted by Crippen LogP contribution is -2.43. The van der Waals surface area contributed by atoms with Crippen LogP contribution in [0.2, 0.25) is 0 Å². The summed E-state index contributed by atoms with van der Waals surface area (Å²) >= 11 is 0. The van der Waals surface area contributed by atoms with E-state index in [-0.39, 0.29) is 11.6 Å². The number of amides is 1. The van der Waals surface area contributed by atoms with Gasteiger partial charge in [0.2, 0.25) is 0 Å². The number of nitrogens with zero attached hydrogens (tertiary/aromatic N) is 1. The van der Waals surface area contributed by atoms with Gasteiger partial charge in [0, 0.05) is 6.54 Å². The predicted molar refractivity (Wildman–Crippen MR) is 71.2 cm³/mol. The molecule has 0 spiro atoms. The molecule has 1 atom stereocenters. The van der Waals surface area contributed by atoms with Gasteiger partial charge in [-0.15, -0.1) is 6.58 Å². The topological polar surface area (TPSA) is 29.5 Å². The van der Waals surface area contributed by atoms with Crippen molar-refractivity contribution in [3.8, 4) is 0 Å². The molecule has 0 aromatic heterocycles. The van der Waals surface area contributed by atoms with Crippen molar-refractivity contribution >= 4 is 6.09 Å². The molecule has 0 bridgehead atoms. The first-order chi connectivity index (χ1) is 8.65. The Balaban J connectivity index is 1.94. The Labute approximate surface area is 108 Å². The molecule has 96 valence electrons. The Morgan fingerprint density at radius 3 is 2.89 bits per heavy atom. The Kier molecular flexibility index (Phi) is 3.70. The third kappa shape index (κ3) is 2.55. The van der Waals surface area contributed by atoms with E-state index in [1.165, 1.54) is 0 Å². The molecule has 1 aliphatic rings. The van der Waals surface area contributed by atoms with Crippen LogP contribution in [0.4, 0.5) is 4.79 Å². The van der Waals surface area contributed by atoms with Crippen LogP contribution in [0.5, 0.6) is 0 Å². The lowest BCUT2D eigenvalue weighted by Gasteiger charge is -2.31. The van der Waals surface area contributed by atoms with Gasteiger partial charge in [-0.1, -0.05) is 36.4 Å². The quantitative estimate of drug-likeness (QED) is 0.764. The van der Waals surface area contributed by atoms with Crippen molar-refractivity contribution in [3.63, 3.8) is 0 Å². The second-order valence-electron chi connectivity index (χ2n) is 4.86. The van der Waals surface area contributed by atoms with Gasteiger partial charge >= 0.3 is 6.09 Å². The van der Waals surface area contributed by atoms with Crippen molar-refractivity contribution in [2.24, 2.45) is 0 Å². The normalized spacial score (nSPS) is 22.8. The first-order valence-corrected chi connectivity index (χ1v) is 6.28. The zero-order valence-electron chi connectivity index (χ0n) is 10.8. The van der Waals surface area contributed by atoms with Gasteiger partial charge in [-0.05, 0) is 25.3 Å². The highest BCUT2D eigenvalue weighted by Crippen LogP contribution is 2.30. The van der Waals surface area contributed by atoms with Crippen molar-refractivity contribution in [1.29, 1.82) is 0 Å². The zero-order chi connectivity index (χ0) is 13.0. The zero-order valence-corrected chi connectivity index (χ0v) is 10.8. The molecule has 1 aromatic rings. The third-order valence-electron chi connectivity index (χ3n) is 3.55. The van der Waals surface area contributed by atoms with Gasteiger partial charge in [0.1, 0.15) is 6.61 Å². The highest BCUT2D eigenvalue weighted by atomic mass is 16.6. The first kappa shape index (κ1) is 12.7. The van der Waals surface area contributed by atoms with Crippen LogP contribution < -0.4 is 0 Å². The summed E-state index contributed by atoms with van der Waals surface area (Å²) in [5, 5.41) is 0. The van der Waals surface area contributed by atoms with E-state index in [1.54, 1.807) is 4.90 Å². The van der Waals surface area contributed by atoms with Gasteiger partial charge in [0.25, 0.3) is 0 Å². The van der Waals surface area contributed by atoms with E-state index in [0.717, 1.165) is 24.9 Å². The highest BCUT2D eigenvalue weighted by molar-refractivity contribution is 5.69. The second-order valence-corrected chi connectivity index (χ2v) is 4.86. The highest BCUT2D eigenvalue weighted by Gasteiger charge is 2.37. The molecule has 0 unspecified atom stereocenters. The number of hydrogen-bond acceptors (Lipinski definition) is 2. The van der Waals surface area contributed by atoms with Crippen LogP contribution in [0.25, 0.3) is 0 Å². The molecule has 1 aliphatic heterocycles. The van der Waals surface area contributed by atoms with E-state index in [1.807, 2.05) is 43.3 Å². The summed E-state index contributed by atoms with van der Waals surface area (Å²) in [4.78, 5) is 13.8. The standard InChI is InChI=1S/C15H19NO2/c1-3-15(2)10-7-11-16(15)14(17)18-12-13-8-5-4-6-9-13/h3-6,8-9H,1,7,10-12H2,2H3/t15-/m1/s1. The largest absolute Gasteiger partial charge is 0.445 e. The minimum absolute atomic E-state index is 0.251. The maximum Gasteiger partial charge on any atom is 0.410 e. The molecule has 3 nitrogen and oxygen atoms in total. The van der Waals surface area contributed by atoms with Gasteiger partial charge in [-0.3, -0.25) is 4.90 Å². The summed E-state index contributed by atoms with van der Waals surface area (Å²) in [7, 11) is 0. The molecular formula is C15H19NO2. The Morgan fingerprint density at radius 1 is 1.50 bits per heavy atom. The van der Waals surface area contributed by atoms with Gasteiger partial charge < -0.3 is 4.74 Å². The van der Waals surface area contributed by atoms with Crippen molar-refractivity contribution in [3.05, 3.63) is 48.6 Å². The molecule has 3 heteroatoms. The Hall–Kier alpha value is -1.77. The lowest BCUT2D eigenvalue weighted by molar-refractivity contribution is 0.0819. The average Bonchev–Trinajstić information content (AvgIpc) is 2.80. The van der Waals surface area contributed by atoms with Gasteiger partial charge in [0.05, 0.1) is 5.54 Å². The molecule has 1 fully saturated rings. The summed E-state index contributed by atoms with van der Waals surface area (Å²) < 4.78 is 5.35. The second kappa shape index (κ2) is 5.25. The van der Waals surface area contributed by atoms with E-state index in [9.17, 15) is 4.79 Å². The molecule has 18 heavy (non-hydrogen) atoms. The van der Waals surface area contributed by atoms with Crippen molar-refractivity contribution in [1.82, 2.24) is 4.90 Å². The summed E-state index contributed by atoms with van der Waals surface area (Å²) in [6.07, 6.45) is 3.54. The van der Waals surface area contributed by atoms with Gasteiger partial charge in [-0.25, -0.2) is 4.79 Å². The molecule has 0 saturated carbocycles. The van der Waals surface area contributed by atoms with Crippen molar-refractivity contribution < 1.29 is 9.53 Å². The van der Waals surface area contributed by atoms with Gasteiger partial charge in [-0.2, -0.15) is 0 Å². The van der Waals surface area contributed by atoms with Crippen molar-refractivity contribution in [2.45, 2.75) is 31.9 Å². The smallest absolute Gasteiger partial charge is 0.410 e. The van der Waals surface area contributed by atoms with Crippen LogP contribution in [-0.2, 0) is 11.3 Å². The third-order valence-corrected chi connectivity index (χ3v) is 3.55. The minimum atomic E-state index is -0.256. The van der Waals surface area contributed by atoms with Crippen LogP contribution in [0.3, 0.4) is 0 Å². The SMILES string of the molecule is C=C[C@]1(C)CCCN1C(=O)OCc1ccccc1. The molecule has 0 aliphatic carbocycles. The van der Waals surface area contributed by atoms with E-state index in [4.69, 9.17) is 4.74 Å². The predicted octanol–water partition coefficient (Wildman–Crippen LogP) is 3.36. The molecule has 1 aromatic carbocycles. The molecule has 1 saturated heterocycles. The number of carbonyl (C=O) groups is 1. The molecule has 2 rings (SSSR count). The van der Waals surface area contributed by atoms with E-state index in [0.29, 0.717) is 6.61 Å². The van der Waals surface area contributed by atoms with Gasteiger partial charge in [0.15, 0.2) is 0 Å². The Bertz CT molecular complexity index is 429. The lowest BCUT2D eigenvalue weighted by atomic mass is 10.00. The average molecular weight is 245 g/mol. The van der Waals surface area contributed by atoms with Crippen LogP contribution in [0.15, 0.2) is 43.0 Å². The summed E-state index contributed by atoms with van der Waals surface area (Å²) in [6.45, 7) is 6.91. The van der Waals surface area contributed by atoms with E-state index >= 15 is 0 Å². The number of hydrogen-bond donors (Lipinski definition) is 0. The fraction of sp³-hybridized carbons (Fsp3) is 0.400. The van der Waals surface area contributed by atoms with E-state index < -0.39 is 0 Å². The Morgan fingerprint density at radius 2 is 2.22 bits per heavy atom. The maximum absolute atomic E-state index is 12.0. The maximum atomic E-state index is 12.0. The number of ether oxygens (including phenoxy) is 1. The van der Waals surface area contributed by atoms with Crippen LogP contribution in [0, 0.1) is 0 Å². The van der Waals surface area contributed by atoms with Crippen LogP contribution in [0.1, 0.15) is 25.3 Å². The van der Waals surface area contributed by atoms with Crippen molar-refractivity contribution in [2.75, 3.05) is 6.54 Å². The number of rotatable bonds is 3. The molecular weight excluding hydrogens is 226 g/mol. The van der Waals surface area contributed by atoms with Crippen LogP contribution in [-0.4, -0.2) is 23.1 Å². The molecule has 1 heterocycles. The number of benzene rings is 1. The summed E-state index contributed by atoms with van der Waals surface area (Å²) in [5.41, 5.74) is 0.749. The molecule has 1 amide bonds. The fourth-order valence-corrected chi connectivity index (χ4v) is 2.29. The fourth-order valence-electron chi connectivity index (χ4n) is 2.29.